The van der Waals surface area contributed by atoms with Gasteiger partial charge in [0, 0.05) is 43.5 Å². The van der Waals surface area contributed by atoms with Crippen molar-refractivity contribution in [2.24, 2.45) is 11.8 Å². The minimum Gasteiger partial charge on any atom is -0.508 e. The lowest BCUT2D eigenvalue weighted by atomic mass is 9.76. The predicted octanol–water partition coefficient (Wildman–Crippen LogP) is 2.21. The number of aryl methyl sites for hydroxylation is 1. The van der Waals surface area contributed by atoms with Gasteiger partial charge in [0.25, 0.3) is 0 Å². The van der Waals surface area contributed by atoms with E-state index >= 15 is 0 Å². The zero-order valence-electron chi connectivity index (χ0n) is 17.1. The first-order valence-corrected chi connectivity index (χ1v) is 10.7. The Morgan fingerprint density at radius 2 is 2.07 bits per heavy atom. The summed E-state index contributed by atoms with van der Waals surface area (Å²) in [7, 11) is 0. The number of hydrogen-bond donors (Lipinski definition) is 1. The van der Waals surface area contributed by atoms with Crippen molar-refractivity contribution in [2.75, 3.05) is 19.6 Å². The highest BCUT2D eigenvalue weighted by molar-refractivity contribution is 5.85. The van der Waals surface area contributed by atoms with Crippen LogP contribution in [0.25, 0.3) is 11.0 Å². The zero-order chi connectivity index (χ0) is 21.0. The van der Waals surface area contributed by atoms with Gasteiger partial charge in [0.15, 0.2) is 0 Å². The van der Waals surface area contributed by atoms with Gasteiger partial charge in [-0.1, -0.05) is 0 Å². The van der Waals surface area contributed by atoms with Crippen molar-refractivity contribution in [3.8, 4) is 5.75 Å². The molecule has 2 bridgehead atoms. The van der Waals surface area contributed by atoms with Crippen molar-refractivity contribution in [1.29, 1.82) is 0 Å². The maximum absolute atomic E-state index is 13.1. The van der Waals surface area contributed by atoms with E-state index in [9.17, 15) is 19.5 Å². The second-order valence-electron chi connectivity index (χ2n) is 9.02. The van der Waals surface area contributed by atoms with Crippen LogP contribution in [0, 0.1) is 18.8 Å². The predicted molar refractivity (Wildman–Crippen MR) is 110 cm³/mol. The highest BCUT2D eigenvalue weighted by Crippen LogP contribution is 2.38. The van der Waals surface area contributed by atoms with Gasteiger partial charge in [0.2, 0.25) is 11.8 Å². The topological polar surface area (TPSA) is 91.1 Å². The SMILES string of the molecule is Cc1c(CC(=O)N2C[C@H]3C[C@@H](C2)C2CCCC(=O)N2C3)c(=O)oc2cc(O)ccc12. The largest absolute Gasteiger partial charge is 0.508 e. The van der Waals surface area contributed by atoms with Crippen molar-refractivity contribution < 1.29 is 19.1 Å². The standard InChI is InChI=1S/C23H26N2O5/c1-13-17-6-5-16(26)8-20(17)30-23(29)18(13)9-22(28)24-10-14-7-15(12-24)19-3-2-4-21(27)25(19)11-14/h5-6,8,14-15,19,26H,2-4,7,9-12H2,1H3/t14-,15+,19?/m1/s1. The van der Waals surface area contributed by atoms with Crippen molar-refractivity contribution in [3.63, 3.8) is 0 Å². The molecule has 7 heteroatoms. The van der Waals surface area contributed by atoms with E-state index in [1.165, 1.54) is 6.07 Å². The Bertz CT molecular complexity index is 1090. The number of aromatic hydroxyl groups is 1. The molecule has 158 valence electrons. The molecule has 2 aromatic rings. The number of phenolic OH excluding ortho intramolecular Hbond substituents is 1. The Labute approximate surface area is 174 Å². The molecule has 0 saturated carbocycles. The smallest absolute Gasteiger partial charge is 0.340 e. The number of amides is 2. The zero-order valence-corrected chi connectivity index (χ0v) is 17.1. The van der Waals surface area contributed by atoms with Gasteiger partial charge in [-0.05, 0) is 55.7 Å². The van der Waals surface area contributed by atoms with Crippen molar-refractivity contribution in [2.45, 2.75) is 45.1 Å². The average molecular weight is 410 g/mol. The summed E-state index contributed by atoms with van der Waals surface area (Å²) in [6, 6.07) is 4.91. The van der Waals surface area contributed by atoms with Crippen LogP contribution in [0.15, 0.2) is 27.4 Å². The lowest BCUT2D eigenvalue weighted by Gasteiger charge is -2.52. The molecule has 3 saturated heterocycles. The van der Waals surface area contributed by atoms with Gasteiger partial charge in [0.05, 0.1) is 12.0 Å². The summed E-state index contributed by atoms with van der Waals surface area (Å²) in [6.45, 7) is 3.84. The highest BCUT2D eigenvalue weighted by atomic mass is 16.4. The normalized spacial score (nSPS) is 26.0. The molecule has 4 heterocycles. The van der Waals surface area contributed by atoms with Gasteiger partial charge in [-0.25, -0.2) is 4.79 Å². The molecule has 3 fully saturated rings. The number of benzene rings is 1. The van der Waals surface area contributed by atoms with Gasteiger partial charge in [-0.3, -0.25) is 9.59 Å². The van der Waals surface area contributed by atoms with Crippen LogP contribution in [0.2, 0.25) is 0 Å². The van der Waals surface area contributed by atoms with Gasteiger partial charge in [-0.2, -0.15) is 0 Å². The minimum atomic E-state index is -0.528. The fourth-order valence-electron chi connectivity index (χ4n) is 5.66. The summed E-state index contributed by atoms with van der Waals surface area (Å²) in [5.74, 6) is 0.861. The third-order valence-electron chi connectivity index (χ3n) is 7.13. The number of piperidine rings is 3. The number of rotatable bonds is 2. The molecule has 0 radical (unpaired) electrons. The number of carbonyl (C=O) groups is 2. The number of likely N-dealkylation sites (tertiary alicyclic amines) is 1. The van der Waals surface area contributed by atoms with E-state index < -0.39 is 5.63 Å². The van der Waals surface area contributed by atoms with Crippen LogP contribution in [0.1, 0.15) is 36.8 Å². The van der Waals surface area contributed by atoms with Crippen LogP contribution >= 0.6 is 0 Å². The Morgan fingerprint density at radius 1 is 1.23 bits per heavy atom. The number of phenols is 1. The Morgan fingerprint density at radius 3 is 2.90 bits per heavy atom. The monoisotopic (exact) mass is 410 g/mol. The number of hydrogen-bond acceptors (Lipinski definition) is 5. The summed E-state index contributed by atoms with van der Waals surface area (Å²) in [5.41, 5.74) is 0.891. The first kappa shape index (κ1) is 19.2. The quantitative estimate of drug-likeness (QED) is 0.767. The molecule has 1 aromatic heterocycles. The summed E-state index contributed by atoms with van der Waals surface area (Å²) < 4.78 is 5.37. The van der Waals surface area contributed by atoms with Crippen LogP contribution in [0.3, 0.4) is 0 Å². The third-order valence-corrected chi connectivity index (χ3v) is 7.13. The Kier molecular flexibility index (Phi) is 4.56. The molecule has 1 N–H and O–H groups in total. The molecule has 3 aliphatic rings. The van der Waals surface area contributed by atoms with Crippen molar-refractivity contribution >= 4 is 22.8 Å². The van der Waals surface area contributed by atoms with Crippen LogP contribution in [0.4, 0.5) is 0 Å². The van der Waals surface area contributed by atoms with Crippen molar-refractivity contribution in [1.82, 2.24) is 9.80 Å². The average Bonchev–Trinajstić information content (AvgIpc) is 2.71. The van der Waals surface area contributed by atoms with Gasteiger partial charge >= 0.3 is 5.63 Å². The Balaban J connectivity index is 1.37. The van der Waals surface area contributed by atoms with Crippen LogP contribution in [-0.2, 0) is 16.0 Å². The first-order chi connectivity index (χ1) is 14.4. The van der Waals surface area contributed by atoms with E-state index in [-0.39, 0.29) is 30.0 Å². The van der Waals surface area contributed by atoms with Gasteiger partial charge < -0.3 is 19.3 Å². The Hall–Kier alpha value is -2.83. The molecule has 7 nitrogen and oxygen atoms in total. The molecular formula is C23H26N2O5. The van der Waals surface area contributed by atoms with Gasteiger partial charge in [0.1, 0.15) is 11.3 Å². The molecule has 0 spiro atoms. The molecule has 3 atom stereocenters. The van der Waals surface area contributed by atoms with Gasteiger partial charge in [-0.15, -0.1) is 0 Å². The van der Waals surface area contributed by atoms with E-state index in [2.05, 4.69) is 4.90 Å². The summed E-state index contributed by atoms with van der Waals surface area (Å²) in [6.07, 6.45) is 3.68. The first-order valence-electron chi connectivity index (χ1n) is 10.7. The summed E-state index contributed by atoms with van der Waals surface area (Å²) in [5, 5.41) is 10.4. The second-order valence-corrected chi connectivity index (χ2v) is 9.02. The molecule has 5 rings (SSSR count). The van der Waals surface area contributed by atoms with E-state index in [1.54, 1.807) is 12.1 Å². The number of nitrogens with zero attached hydrogens (tertiary/aromatic N) is 2. The number of carbonyl (C=O) groups excluding carboxylic acids is 2. The third kappa shape index (κ3) is 3.16. The highest BCUT2D eigenvalue weighted by Gasteiger charge is 2.44. The molecular weight excluding hydrogens is 384 g/mol. The summed E-state index contributed by atoms with van der Waals surface area (Å²) in [4.78, 5) is 41.9. The molecule has 1 unspecified atom stereocenters. The summed E-state index contributed by atoms with van der Waals surface area (Å²) >= 11 is 0. The molecule has 3 aliphatic heterocycles. The lowest BCUT2D eigenvalue weighted by molar-refractivity contribution is -0.148. The fraction of sp³-hybridized carbons (Fsp3) is 0.522. The van der Waals surface area contributed by atoms with Crippen LogP contribution < -0.4 is 5.63 Å². The molecule has 0 aliphatic carbocycles. The maximum Gasteiger partial charge on any atom is 0.340 e. The molecule has 30 heavy (non-hydrogen) atoms. The lowest BCUT2D eigenvalue weighted by Crippen LogP contribution is -2.61. The van der Waals surface area contributed by atoms with E-state index in [1.807, 2.05) is 11.8 Å². The van der Waals surface area contributed by atoms with E-state index in [0.717, 1.165) is 36.8 Å². The van der Waals surface area contributed by atoms with E-state index in [0.29, 0.717) is 42.5 Å². The molecule has 2 amide bonds. The fourth-order valence-corrected chi connectivity index (χ4v) is 5.66. The van der Waals surface area contributed by atoms with Crippen LogP contribution in [0.5, 0.6) is 5.75 Å². The number of fused-ring (bicyclic) bond motifs is 5. The van der Waals surface area contributed by atoms with Crippen molar-refractivity contribution in [3.05, 3.63) is 39.7 Å². The minimum absolute atomic E-state index is 0.0116. The van der Waals surface area contributed by atoms with Crippen LogP contribution in [-0.4, -0.2) is 52.4 Å². The second kappa shape index (κ2) is 7.15. The molecule has 1 aromatic carbocycles. The van der Waals surface area contributed by atoms with E-state index in [4.69, 9.17) is 4.42 Å². The maximum atomic E-state index is 13.1.